The van der Waals surface area contributed by atoms with Crippen LogP contribution in [0.3, 0.4) is 0 Å². The van der Waals surface area contributed by atoms with Gasteiger partial charge in [0.1, 0.15) is 17.2 Å². The maximum absolute atomic E-state index is 12.7. The van der Waals surface area contributed by atoms with Crippen molar-refractivity contribution in [2.24, 2.45) is 5.10 Å². The molecule has 10 nitrogen and oxygen atoms in total. The second-order valence-electron chi connectivity index (χ2n) is 7.52. The van der Waals surface area contributed by atoms with Crippen LogP contribution in [0.1, 0.15) is 31.0 Å². The molecule has 0 unspecified atom stereocenters. The van der Waals surface area contributed by atoms with Gasteiger partial charge in [0.25, 0.3) is 5.91 Å². The third-order valence-corrected chi connectivity index (χ3v) is 5.40. The van der Waals surface area contributed by atoms with Crippen LogP contribution in [0.4, 0.5) is 0 Å². The summed E-state index contributed by atoms with van der Waals surface area (Å²) in [5.74, 6) is 0.655. The number of methoxy groups -OCH3 is 2. The molecule has 0 fully saturated rings. The third kappa shape index (κ3) is 6.51. The number of para-hydroxylation sites is 1. The minimum atomic E-state index is -0.615. The molecule has 3 rings (SSSR count). The lowest BCUT2D eigenvalue weighted by Gasteiger charge is -2.30. The summed E-state index contributed by atoms with van der Waals surface area (Å²) in [5, 5.41) is 10.4. The number of nitrogens with one attached hydrogen (secondary N) is 3. The average Bonchev–Trinajstić information content (AvgIpc) is 2.87. The van der Waals surface area contributed by atoms with E-state index in [1.165, 1.54) is 13.3 Å². The van der Waals surface area contributed by atoms with Crippen molar-refractivity contribution < 1.29 is 28.5 Å². The summed E-state index contributed by atoms with van der Waals surface area (Å²) in [5.41, 5.74) is 4.64. The Hall–Kier alpha value is -4.12. The van der Waals surface area contributed by atoms with E-state index in [-0.39, 0.29) is 13.2 Å². The monoisotopic (exact) mass is 512 g/mol. The van der Waals surface area contributed by atoms with E-state index >= 15 is 0 Å². The molecule has 11 heteroatoms. The van der Waals surface area contributed by atoms with Crippen LogP contribution in [0.25, 0.3) is 0 Å². The SMILES string of the molecule is CCOC(=O)C1=C(C)NC(=S)N[C@H]1c1ccccc1OCC(=O)NN=Cc1cc(OC)ccc1OC. The van der Waals surface area contributed by atoms with E-state index < -0.39 is 17.9 Å². The Morgan fingerprint density at radius 2 is 1.92 bits per heavy atom. The molecule has 0 radical (unpaired) electrons. The van der Waals surface area contributed by atoms with Crippen LogP contribution >= 0.6 is 12.2 Å². The average molecular weight is 513 g/mol. The molecule has 2 aromatic rings. The zero-order valence-corrected chi connectivity index (χ0v) is 21.2. The largest absolute Gasteiger partial charge is 0.497 e. The molecule has 1 aliphatic rings. The molecule has 0 saturated heterocycles. The van der Waals surface area contributed by atoms with Crippen molar-refractivity contribution >= 4 is 35.4 Å². The van der Waals surface area contributed by atoms with E-state index in [0.717, 1.165) is 0 Å². The molecule has 0 aromatic heterocycles. The molecule has 0 aliphatic carbocycles. The number of ether oxygens (including phenoxy) is 4. The third-order valence-electron chi connectivity index (χ3n) is 5.18. The van der Waals surface area contributed by atoms with Gasteiger partial charge in [-0.05, 0) is 50.3 Å². The number of hydrazone groups is 1. The predicted molar refractivity (Wildman–Crippen MR) is 138 cm³/mol. The van der Waals surface area contributed by atoms with Gasteiger partial charge in [-0.15, -0.1) is 0 Å². The number of carbonyl (C=O) groups is 2. The number of rotatable bonds is 10. The summed E-state index contributed by atoms with van der Waals surface area (Å²) in [6, 6.07) is 11.7. The first-order chi connectivity index (χ1) is 17.4. The van der Waals surface area contributed by atoms with E-state index in [9.17, 15) is 9.59 Å². The zero-order valence-electron chi connectivity index (χ0n) is 20.4. The fourth-order valence-electron chi connectivity index (χ4n) is 3.55. The van der Waals surface area contributed by atoms with Gasteiger partial charge >= 0.3 is 5.97 Å². The Labute approximate surface area is 214 Å². The smallest absolute Gasteiger partial charge is 0.338 e. The lowest BCUT2D eigenvalue weighted by molar-refractivity contribution is -0.139. The van der Waals surface area contributed by atoms with Crippen LogP contribution in [-0.2, 0) is 14.3 Å². The Kier molecular flexibility index (Phi) is 9.23. The highest BCUT2D eigenvalue weighted by atomic mass is 32.1. The van der Waals surface area contributed by atoms with E-state index in [1.807, 2.05) is 0 Å². The molecule has 190 valence electrons. The first-order valence-corrected chi connectivity index (χ1v) is 11.5. The molecule has 1 aliphatic heterocycles. The Balaban J connectivity index is 1.72. The minimum absolute atomic E-state index is 0.229. The van der Waals surface area contributed by atoms with Crippen molar-refractivity contribution in [3.63, 3.8) is 0 Å². The van der Waals surface area contributed by atoms with Gasteiger partial charge in [-0.3, -0.25) is 4.79 Å². The molecular formula is C25H28N4O6S. The zero-order chi connectivity index (χ0) is 26.1. The summed E-state index contributed by atoms with van der Waals surface area (Å²) in [7, 11) is 3.09. The molecule has 1 heterocycles. The molecule has 3 N–H and O–H groups in total. The lowest BCUT2D eigenvalue weighted by Crippen LogP contribution is -2.45. The minimum Gasteiger partial charge on any atom is -0.497 e. The van der Waals surface area contributed by atoms with Crippen LogP contribution < -0.4 is 30.3 Å². The topological polar surface area (TPSA) is 120 Å². The Morgan fingerprint density at radius 1 is 1.14 bits per heavy atom. The highest BCUT2D eigenvalue weighted by Crippen LogP contribution is 2.33. The van der Waals surface area contributed by atoms with E-state index in [4.69, 9.17) is 31.2 Å². The number of amides is 1. The van der Waals surface area contributed by atoms with Crippen LogP contribution in [0.15, 0.2) is 58.8 Å². The molecular weight excluding hydrogens is 484 g/mol. The Bertz CT molecular complexity index is 1200. The lowest BCUT2D eigenvalue weighted by atomic mass is 9.95. The summed E-state index contributed by atoms with van der Waals surface area (Å²) < 4.78 is 21.5. The summed E-state index contributed by atoms with van der Waals surface area (Å²) in [6.45, 7) is 3.40. The molecule has 0 spiro atoms. The van der Waals surface area contributed by atoms with Gasteiger partial charge in [-0.1, -0.05) is 18.2 Å². The van der Waals surface area contributed by atoms with Gasteiger partial charge < -0.3 is 29.6 Å². The summed E-state index contributed by atoms with van der Waals surface area (Å²) in [6.07, 6.45) is 1.45. The predicted octanol–water partition coefficient (Wildman–Crippen LogP) is 2.59. The molecule has 1 atom stereocenters. The number of allylic oxidation sites excluding steroid dienone is 1. The normalized spacial score (nSPS) is 15.1. The van der Waals surface area contributed by atoms with Gasteiger partial charge in [-0.2, -0.15) is 5.10 Å². The van der Waals surface area contributed by atoms with E-state index in [1.54, 1.807) is 63.4 Å². The number of hydrogen-bond acceptors (Lipinski definition) is 8. The quantitative estimate of drug-likeness (QED) is 0.191. The maximum Gasteiger partial charge on any atom is 0.338 e. The van der Waals surface area contributed by atoms with Crippen molar-refractivity contribution in [2.75, 3.05) is 27.4 Å². The highest BCUT2D eigenvalue weighted by molar-refractivity contribution is 7.80. The standard InChI is InChI=1S/C25H28N4O6S/c1-5-34-24(31)22-15(2)27-25(36)28-23(22)18-8-6-7-9-20(18)35-14-21(30)29-26-13-16-12-17(32-3)10-11-19(16)33-4/h6-13,23H,5,14H2,1-4H3,(H,29,30)(H2,27,28,36)/t23-/m0/s1. The fourth-order valence-corrected chi connectivity index (χ4v) is 3.82. The maximum atomic E-state index is 12.7. The van der Waals surface area contributed by atoms with Crippen LogP contribution in [0, 0.1) is 0 Å². The summed E-state index contributed by atoms with van der Waals surface area (Å²) in [4.78, 5) is 25.1. The number of carbonyl (C=O) groups excluding carboxylic acids is 2. The summed E-state index contributed by atoms with van der Waals surface area (Å²) >= 11 is 5.29. The highest BCUT2D eigenvalue weighted by Gasteiger charge is 2.32. The van der Waals surface area contributed by atoms with Crippen molar-refractivity contribution in [1.82, 2.24) is 16.1 Å². The molecule has 2 aromatic carbocycles. The van der Waals surface area contributed by atoms with Crippen molar-refractivity contribution in [2.45, 2.75) is 19.9 Å². The van der Waals surface area contributed by atoms with Crippen molar-refractivity contribution in [3.05, 3.63) is 64.9 Å². The number of thiocarbonyl (C=S) groups is 1. The van der Waals surface area contributed by atoms with Crippen LogP contribution in [0.2, 0.25) is 0 Å². The van der Waals surface area contributed by atoms with E-state index in [0.29, 0.717) is 44.8 Å². The van der Waals surface area contributed by atoms with Gasteiger partial charge in [0.05, 0.1) is 38.7 Å². The van der Waals surface area contributed by atoms with Crippen LogP contribution in [-0.4, -0.2) is 50.6 Å². The van der Waals surface area contributed by atoms with Gasteiger partial charge in [-0.25, -0.2) is 10.2 Å². The van der Waals surface area contributed by atoms with Crippen LogP contribution in [0.5, 0.6) is 17.2 Å². The second kappa shape index (κ2) is 12.5. The number of benzene rings is 2. The first-order valence-electron chi connectivity index (χ1n) is 11.1. The van der Waals surface area contributed by atoms with Crippen molar-refractivity contribution in [3.8, 4) is 17.2 Å². The molecule has 36 heavy (non-hydrogen) atoms. The molecule has 1 amide bonds. The fraction of sp³-hybridized carbons (Fsp3) is 0.280. The van der Waals surface area contributed by atoms with Gasteiger partial charge in [0.15, 0.2) is 11.7 Å². The Morgan fingerprint density at radius 3 is 2.64 bits per heavy atom. The van der Waals surface area contributed by atoms with E-state index in [2.05, 4.69) is 21.2 Å². The van der Waals surface area contributed by atoms with Crippen molar-refractivity contribution in [1.29, 1.82) is 0 Å². The molecule has 0 saturated carbocycles. The number of hydrogen-bond donors (Lipinski definition) is 3. The number of nitrogens with zero attached hydrogens (tertiary/aromatic N) is 1. The van der Waals surface area contributed by atoms with Gasteiger partial charge in [0, 0.05) is 16.8 Å². The first kappa shape index (κ1) is 26.5. The second-order valence-corrected chi connectivity index (χ2v) is 7.93. The number of esters is 1. The molecule has 0 bridgehead atoms. The van der Waals surface area contributed by atoms with Gasteiger partial charge in [0.2, 0.25) is 0 Å².